The summed E-state index contributed by atoms with van der Waals surface area (Å²) in [5.41, 5.74) is 0. The zero-order chi connectivity index (χ0) is 22.3. The number of hydrogen-bond donors (Lipinski definition) is 2. The molecule has 2 unspecified atom stereocenters. The maximum atomic E-state index is 11.6. The zero-order valence-electron chi connectivity index (χ0n) is 19.9. The molecule has 2 N–H and O–H groups in total. The molecule has 0 aliphatic carbocycles. The summed E-state index contributed by atoms with van der Waals surface area (Å²) in [7, 11) is 0. The van der Waals surface area contributed by atoms with E-state index in [1.165, 1.54) is 77.0 Å². The lowest BCUT2D eigenvalue weighted by Crippen LogP contribution is -2.23. The van der Waals surface area contributed by atoms with Crippen molar-refractivity contribution in [2.24, 2.45) is 0 Å². The summed E-state index contributed by atoms with van der Waals surface area (Å²) in [5, 5.41) is 19.6. The first-order valence-electron chi connectivity index (χ1n) is 12.8. The van der Waals surface area contributed by atoms with Gasteiger partial charge in [-0.3, -0.25) is 0 Å². The van der Waals surface area contributed by atoms with Crippen LogP contribution in [0.4, 0.5) is 4.79 Å². The minimum atomic E-state index is -1.15. The van der Waals surface area contributed by atoms with Gasteiger partial charge in [-0.15, -0.1) is 0 Å². The Morgan fingerprint density at radius 1 is 0.533 bits per heavy atom. The highest BCUT2D eigenvalue weighted by Gasteiger charge is 2.16. The number of rotatable bonds is 22. The van der Waals surface area contributed by atoms with Gasteiger partial charge in [0.25, 0.3) is 0 Å². The molecule has 0 spiro atoms. The van der Waals surface area contributed by atoms with Crippen molar-refractivity contribution >= 4 is 6.16 Å². The van der Waals surface area contributed by atoms with Crippen molar-refractivity contribution in [3.05, 3.63) is 0 Å². The number of carbonyl (C=O) groups is 1. The molecule has 2 atom stereocenters. The van der Waals surface area contributed by atoms with Crippen LogP contribution in [0.5, 0.6) is 0 Å². The van der Waals surface area contributed by atoms with Crippen LogP contribution in [0.3, 0.4) is 0 Å². The van der Waals surface area contributed by atoms with Gasteiger partial charge in [-0.1, -0.05) is 117 Å². The number of aliphatic hydroxyl groups excluding tert-OH is 2. The van der Waals surface area contributed by atoms with E-state index in [2.05, 4.69) is 13.8 Å². The minimum Gasteiger partial charge on any atom is -0.405 e. The largest absolute Gasteiger partial charge is 0.512 e. The Morgan fingerprint density at radius 2 is 0.800 bits per heavy atom. The lowest BCUT2D eigenvalue weighted by Gasteiger charge is -2.15. The van der Waals surface area contributed by atoms with Crippen LogP contribution in [0.1, 0.15) is 142 Å². The number of aliphatic hydroxyl groups is 2. The average Bonchev–Trinajstić information content (AvgIpc) is 2.71. The first kappa shape index (κ1) is 29.2. The molecule has 0 radical (unpaired) electrons. The van der Waals surface area contributed by atoms with Crippen LogP contribution in [0.2, 0.25) is 0 Å². The summed E-state index contributed by atoms with van der Waals surface area (Å²) in [5.74, 6) is 0. The molecule has 0 rings (SSSR count). The lowest BCUT2D eigenvalue weighted by molar-refractivity contribution is -0.129. The van der Waals surface area contributed by atoms with Crippen molar-refractivity contribution < 1.29 is 24.5 Å². The molecule has 0 aliphatic rings. The molecule has 0 bridgehead atoms. The van der Waals surface area contributed by atoms with Crippen molar-refractivity contribution in [2.75, 3.05) is 0 Å². The van der Waals surface area contributed by atoms with E-state index in [4.69, 9.17) is 9.47 Å². The molecular formula is C25H50O5. The number of ether oxygens (including phenoxy) is 2. The van der Waals surface area contributed by atoms with Gasteiger partial charge in [0.2, 0.25) is 12.6 Å². The predicted octanol–water partition coefficient (Wildman–Crippen LogP) is 7.62. The first-order chi connectivity index (χ1) is 14.6. The van der Waals surface area contributed by atoms with Crippen molar-refractivity contribution in [1.29, 1.82) is 0 Å². The Labute approximate surface area is 185 Å². The number of hydrogen-bond acceptors (Lipinski definition) is 5. The van der Waals surface area contributed by atoms with Gasteiger partial charge in [-0.25, -0.2) is 4.79 Å². The fourth-order valence-corrected chi connectivity index (χ4v) is 3.63. The highest BCUT2D eigenvalue weighted by atomic mass is 16.8. The maximum absolute atomic E-state index is 11.6. The van der Waals surface area contributed by atoms with Gasteiger partial charge in [0.1, 0.15) is 0 Å². The standard InChI is InChI=1S/C25H50O5/c1-3-5-7-9-11-13-15-17-19-21-23(26)29-25(28)30-24(27)22-20-18-16-14-12-10-8-6-4-2/h23-24,26-27H,3-22H2,1-2H3. The van der Waals surface area contributed by atoms with E-state index in [0.717, 1.165) is 38.5 Å². The van der Waals surface area contributed by atoms with Gasteiger partial charge in [0, 0.05) is 12.8 Å². The average molecular weight is 431 g/mol. The number of carbonyl (C=O) groups excluding carboxylic acids is 1. The second-order valence-corrected chi connectivity index (χ2v) is 8.63. The fourth-order valence-electron chi connectivity index (χ4n) is 3.63. The zero-order valence-corrected chi connectivity index (χ0v) is 19.9. The van der Waals surface area contributed by atoms with E-state index < -0.39 is 18.7 Å². The van der Waals surface area contributed by atoms with Gasteiger partial charge in [0.05, 0.1) is 0 Å². The normalized spacial score (nSPS) is 13.2. The molecule has 180 valence electrons. The topological polar surface area (TPSA) is 76.0 Å². The fraction of sp³-hybridized carbons (Fsp3) is 0.960. The number of unbranched alkanes of at least 4 members (excludes halogenated alkanes) is 16. The molecule has 0 amide bonds. The smallest absolute Gasteiger partial charge is 0.405 e. The summed E-state index contributed by atoms with van der Waals surface area (Å²) in [6, 6.07) is 0. The highest BCUT2D eigenvalue weighted by molar-refractivity contribution is 5.60. The van der Waals surface area contributed by atoms with Crippen molar-refractivity contribution in [3.8, 4) is 0 Å². The van der Waals surface area contributed by atoms with E-state index in [-0.39, 0.29) is 0 Å². The Kier molecular flexibility index (Phi) is 22.2. The Bertz CT molecular complexity index is 329. The third kappa shape index (κ3) is 21.9. The van der Waals surface area contributed by atoms with Crippen LogP contribution in [-0.2, 0) is 9.47 Å². The van der Waals surface area contributed by atoms with E-state index in [1.54, 1.807) is 0 Å². The van der Waals surface area contributed by atoms with Crippen molar-refractivity contribution in [2.45, 2.75) is 155 Å². The van der Waals surface area contributed by atoms with E-state index in [1.807, 2.05) is 0 Å². The van der Waals surface area contributed by atoms with E-state index >= 15 is 0 Å². The van der Waals surface area contributed by atoms with Crippen LogP contribution in [-0.4, -0.2) is 28.9 Å². The van der Waals surface area contributed by atoms with Gasteiger partial charge >= 0.3 is 6.16 Å². The minimum absolute atomic E-state index is 0.416. The lowest BCUT2D eigenvalue weighted by atomic mass is 10.1. The van der Waals surface area contributed by atoms with Crippen LogP contribution in [0, 0.1) is 0 Å². The molecule has 0 heterocycles. The monoisotopic (exact) mass is 430 g/mol. The second-order valence-electron chi connectivity index (χ2n) is 8.63. The highest BCUT2D eigenvalue weighted by Crippen LogP contribution is 2.14. The van der Waals surface area contributed by atoms with Crippen LogP contribution in [0.15, 0.2) is 0 Å². The molecule has 0 aromatic rings. The molecule has 30 heavy (non-hydrogen) atoms. The third-order valence-electron chi connectivity index (χ3n) is 5.57. The van der Waals surface area contributed by atoms with Gasteiger partial charge < -0.3 is 19.7 Å². The molecule has 0 aliphatic heterocycles. The van der Waals surface area contributed by atoms with Crippen LogP contribution < -0.4 is 0 Å². The van der Waals surface area contributed by atoms with Crippen molar-refractivity contribution in [1.82, 2.24) is 0 Å². The molecule has 0 aromatic carbocycles. The Balaban J connectivity index is 3.47. The quantitative estimate of drug-likeness (QED) is 0.105. The summed E-state index contributed by atoms with van der Waals surface area (Å²) in [4.78, 5) is 11.6. The van der Waals surface area contributed by atoms with Gasteiger partial charge in [-0.05, 0) is 12.8 Å². The SMILES string of the molecule is CCCCCCCCCCCC(O)OC(=O)OC(O)CCCCCCCCCCC. The van der Waals surface area contributed by atoms with Crippen molar-refractivity contribution in [3.63, 3.8) is 0 Å². The molecule has 0 aromatic heterocycles. The molecular weight excluding hydrogens is 380 g/mol. The molecule has 5 nitrogen and oxygen atoms in total. The summed E-state index contributed by atoms with van der Waals surface area (Å²) < 4.78 is 9.64. The molecule has 0 saturated heterocycles. The second kappa shape index (κ2) is 22.9. The Hall–Kier alpha value is -0.810. The molecule has 5 heteroatoms. The molecule has 0 fully saturated rings. The van der Waals surface area contributed by atoms with Gasteiger partial charge in [-0.2, -0.15) is 0 Å². The molecule has 0 saturated carbocycles. The Morgan fingerprint density at radius 3 is 1.10 bits per heavy atom. The van der Waals surface area contributed by atoms with Gasteiger partial charge in [0.15, 0.2) is 0 Å². The summed E-state index contributed by atoms with van der Waals surface area (Å²) >= 11 is 0. The third-order valence-corrected chi connectivity index (χ3v) is 5.57. The van der Waals surface area contributed by atoms with E-state index in [0.29, 0.717) is 12.8 Å². The maximum Gasteiger partial charge on any atom is 0.512 e. The summed E-state index contributed by atoms with van der Waals surface area (Å²) in [6.07, 6.45) is 19.1. The first-order valence-corrected chi connectivity index (χ1v) is 12.8. The summed E-state index contributed by atoms with van der Waals surface area (Å²) in [6.45, 7) is 4.45. The predicted molar refractivity (Wildman–Crippen MR) is 123 cm³/mol. The van der Waals surface area contributed by atoms with E-state index in [9.17, 15) is 15.0 Å². The van der Waals surface area contributed by atoms with Crippen LogP contribution >= 0.6 is 0 Å². The van der Waals surface area contributed by atoms with Crippen LogP contribution in [0.25, 0.3) is 0 Å².